The van der Waals surface area contributed by atoms with Crippen LogP contribution in [0.3, 0.4) is 0 Å². The Morgan fingerprint density at radius 3 is 2.94 bits per heavy atom. The minimum absolute atomic E-state index is 0.205. The van der Waals surface area contributed by atoms with Crippen molar-refractivity contribution in [2.24, 2.45) is 0 Å². The lowest BCUT2D eigenvalue weighted by molar-refractivity contribution is -0.102. The molecule has 2 aromatic heterocycles. The maximum Gasteiger partial charge on any atom is 0.192 e. The van der Waals surface area contributed by atoms with E-state index in [1.165, 1.54) is 17.2 Å². The van der Waals surface area contributed by atoms with Crippen molar-refractivity contribution in [1.29, 1.82) is 0 Å². The first-order valence-electron chi connectivity index (χ1n) is 4.80. The summed E-state index contributed by atoms with van der Waals surface area (Å²) in [5.74, 6) is -0.398. The summed E-state index contributed by atoms with van der Waals surface area (Å²) in [6.07, 6.45) is 1.23. The molecule has 0 bridgehead atoms. The summed E-state index contributed by atoms with van der Waals surface area (Å²) in [5, 5.41) is 9.17. The summed E-state index contributed by atoms with van der Waals surface area (Å²) in [6.45, 7) is 0. The van der Waals surface area contributed by atoms with Gasteiger partial charge in [0.05, 0.1) is 6.33 Å². The van der Waals surface area contributed by atoms with Crippen molar-refractivity contribution < 1.29 is 14.2 Å². The predicted octanol–water partition coefficient (Wildman–Crippen LogP) is 0.109. The van der Waals surface area contributed by atoms with Gasteiger partial charge in [0.2, 0.25) is 0 Å². The number of anilines is 1. The van der Waals surface area contributed by atoms with Gasteiger partial charge < -0.3 is 15.6 Å². The zero-order valence-electron chi connectivity index (χ0n) is 8.49. The summed E-state index contributed by atoms with van der Waals surface area (Å²) in [4.78, 5) is 11.7. The lowest BCUT2D eigenvalue weighted by Crippen LogP contribution is -2.13. The van der Waals surface area contributed by atoms with E-state index in [9.17, 15) is 4.39 Å². The largest absolute Gasteiger partial charge is 0.382 e. The first-order chi connectivity index (χ1) is 8.16. The molecule has 0 fully saturated rings. The number of hydrogen-bond donors (Lipinski definition) is 2. The Labute approximate surface area is 94.4 Å². The predicted molar refractivity (Wildman–Crippen MR) is 55.1 cm³/mol. The highest BCUT2D eigenvalue weighted by atomic mass is 19.1. The van der Waals surface area contributed by atoms with Crippen LogP contribution in [0.5, 0.6) is 0 Å². The normalized spacial score (nSPS) is 24.2. The molecule has 0 aromatic carbocycles. The van der Waals surface area contributed by atoms with E-state index in [0.29, 0.717) is 11.2 Å². The number of nitrogens with two attached hydrogens (primary N) is 1. The monoisotopic (exact) mass is 237 g/mol. The zero-order valence-corrected chi connectivity index (χ0v) is 8.49. The average molecular weight is 237 g/mol. The van der Waals surface area contributed by atoms with E-state index in [1.54, 1.807) is 0 Å². The SMILES string of the molecule is Nc1ncnc2c1ncn2[C@@H]1O[C@H](O)C=C1F. The fourth-order valence-corrected chi connectivity index (χ4v) is 1.69. The van der Waals surface area contributed by atoms with Crippen molar-refractivity contribution in [2.45, 2.75) is 12.5 Å². The van der Waals surface area contributed by atoms with E-state index in [-0.39, 0.29) is 5.82 Å². The van der Waals surface area contributed by atoms with Gasteiger partial charge in [-0.3, -0.25) is 4.57 Å². The van der Waals surface area contributed by atoms with Crippen LogP contribution in [0.1, 0.15) is 6.23 Å². The minimum atomic E-state index is -1.27. The summed E-state index contributed by atoms with van der Waals surface area (Å²) in [5.41, 5.74) is 6.32. The molecule has 3 N–H and O–H groups in total. The third-order valence-electron chi connectivity index (χ3n) is 2.45. The van der Waals surface area contributed by atoms with Crippen LogP contribution in [0, 0.1) is 0 Å². The van der Waals surface area contributed by atoms with E-state index in [2.05, 4.69) is 15.0 Å². The van der Waals surface area contributed by atoms with Gasteiger partial charge in [0.15, 0.2) is 29.8 Å². The van der Waals surface area contributed by atoms with Crippen LogP contribution in [-0.4, -0.2) is 30.9 Å². The molecule has 3 rings (SSSR count). The number of aliphatic hydroxyl groups is 1. The molecular formula is C9H8FN5O2. The molecule has 8 heteroatoms. The molecule has 1 aliphatic heterocycles. The van der Waals surface area contributed by atoms with Crippen LogP contribution in [-0.2, 0) is 4.74 Å². The number of halogens is 1. The Hall–Kier alpha value is -2.06. The first-order valence-corrected chi connectivity index (χ1v) is 4.80. The molecule has 0 spiro atoms. The highest BCUT2D eigenvalue weighted by Gasteiger charge is 2.29. The summed E-state index contributed by atoms with van der Waals surface area (Å²) in [7, 11) is 0. The Kier molecular flexibility index (Phi) is 2.06. The Balaban J connectivity index is 2.13. The Bertz CT molecular complexity index is 610. The van der Waals surface area contributed by atoms with Gasteiger partial charge in [0.1, 0.15) is 11.8 Å². The molecule has 17 heavy (non-hydrogen) atoms. The molecule has 0 amide bonds. The molecule has 3 heterocycles. The number of rotatable bonds is 1. The quantitative estimate of drug-likeness (QED) is 0.730. The lowest BCUT2D eigenvalue weighted by Gasteiger charge is -2.12. The molecule has 88 valence electrons. The summed E-state index contributed by atoms with van der Waals surface area (Å²) in [6, 6.07) is 0. The Morgan fingerprint density at radius 2 is 2.24 bits per heavy atom. The molecule has 0 radical (unpaired) electrons. The maximum absolute atomic E-state index is 13.5. The number of aromatic nitrogens is 4. The fourth-order valence-electron chi connectivity index (χ4n) is 1.69. The molecule has 2 atom stereocenters. The second-order valence-electron chi connectivity index (χ2n) is 3.51. The van der Waals surface area contributed by atoms with Crippen LogP contribution in [0.25, 0.3) is 11.2 Å². The highest BCUT2D eigenvalue weighted by molar-refractivity contribution is 5.81. The number of imidazole rings is 1. The van der Waals surface area contributed by atoms with E-state index >= 15 is 0 Å². The van der Waals surface area contributed by atoms with Crippen LogP contribution < -0.4 is 5.73 Å². The van der Waals surface area contributed by atoms with Gasteiger partial charge in [-0.25, -0.2) is 19.3 Å². The molecule has 7 nitrogen and oxygen atoms in total. The third kappa shape index (κ3) is 1.46. The molecule has 0 aliphatic carbocycles. The van der Waals surface area contributed by atoms with Crippen LogP contribution in [0.4, 0.5) is 10.2 Å². The third-order valence-corrected chi connectivity index (χ3v) is 2.45. The Morgan fingerprint density at radius 1 is 1.41 bits per heavy atom. The van der Waals surface area contributed by atoms with E-state index in [4.69, 9.17) is 15.6 Å². The molecule has 0 saturated heterocycles. The van der Waals surface area contributed by atoms with E-state index in [0.717, 1.165) is 6.08 Å². The molecule has 0 saturated carbocycles. The topological polar surface area (TPSA) is 99.1 Å². The van der Waals surface area contributed by atoms with Gasteiger partial charge >= 0.3 is 0 Å². The van der Waals surface area contributed by atoms with Crippen molar-refractivity contribution in [3.8, 4) is 0 Å². The van der Waals surface area contributed by atoms with Gasteiger partial charge in [0, 0.05) is 6.08 Å². The first kappa shape index (κ1) is 10.1. The second kappa shape index (κ2) is 3.47. The number of fused-ring (bicyclic) bond motifs is 1. The van der Waals surface area contributed by atoms with Crippen molar-refractivity contribution in [3.05, 3.63) is 24.6 Å². The van der Waals surface area contributed by atoms with Gasteiger partial charge in [-0.2, -0.15) is 0 Å². The lowest BCUT2D eigenvalue weighted by atomic mass is 10.4. The number of aliphatic hydroxyl groups excluding tert-OH is 1. The van der Waals surface area contributed by atoms with Crippen molar-refractivity contribution in [3.63, 3.8) is 0 Å². The number of ether oxygens (including phenoxy) is 1. The van der Waals surface area contributed by atoms with Crippen molar-refractivity contribution >= 4 is 17.0 Å². The van der Waals surface area contributed by atoms with Crippen LogP contribution in [0.15, 0.2) is 24.6 Å². The maximum atomic E-state index is 13.5. The second-order valence-corrected chi connectivity index (χ2v) is 3.51. The van der Waals surface area contributed by atoms with Gasteiger partial charge in [-0.1, -0.05) is 0 Å². The van der Waals surface area contributed by atoms with Crippen molar-refractivity contribution in [2.75, 3.05) is 5.73 Å². The zero-order chi connectivity index (χ0) is 12.0. The number of nitrogen functional groups attached to an aromatic ring is 1. The summed E-state index contributed by atoms with van der Waals surface area (Å²) >= 11 is 0. The van der Waals surface area contributed by atoms with Crippen LogP contribution >= 0.6 is 0 Å². The van der Waals surface area contributed by atoms with E-state index in [1.807, 2.05) is 0 Å². The van der Waals surface area contributed by atoms with E-state index < -0.39 is 18.3 Å². The minimum Gasteiger partial charge on any atom is -0.382 e. The molecular weight excluding hydrogens is 229 g/mol. The summed E-state index contributed by atoms with van der Waals surface area (Å²) < 4.78 is 19.8. The highest BCUT2D eigenvalue weighted by Crippen LogP contribution is 2.31. The standard InChI is InChI=1S/C9H8FN5O2/c10-4-1-5(16)17-9(4)15-3-14-6-7(11)12-2-13-8(6)15/h1-3,5,9,16H,(H2,11,12,13)/t5-,9+/m0/s1. The van der Waals surface area contributed by atoms with Gasteiger partial charge in [-0.05, 0) is 0 Å². The van der Waals surface area contributed by atoms with Gasteiger partial charge in [-0.15, -0.1) is 0 Å². The number of hydrogen-bond acceptors (Lipinski definition) is 6. The molecule has 0 unspecified atom stereocenters. The fraction of sp³-hybridized carbons (Fsp3) is 0.222. The van der Waals surface area contributed by atoms with Gasteiger partial charge in [0.25, 0.3) is 0 Å². The molecule has 2 aromatic rings. The molecule has 1 aliphatic rings. The van der Waals surface area contributed by atoms with Crippen LogP contribution in [0.2, 0.25) is 0 Å². The smallest absolute Gasteiger partial charge is 0.192 e. The number of nitrogens with zero attached hydrogens (tertiary/aromatic N) is 4. The van der Waals surface area contributed by atoms with Crippen molar-refractivity contribution in [1.82, 2.24) is 19.5 Å². The average Bonchev–Trinajstić information content (AvgIpc) is 2.83.